The molecule has 0 bridgehead atoms. The SMILES string of the molecule is CO[Si](CCCCCCc1ccc(F)cc1)(OC)OC. The summed E-state index contributed by atoms with van der Waals surface area (Å²) >= 11 is 0. The highest BCUT2D eigenvalue weighted by molar-refractivity contribution is 6.60. The molecule has 0 atom stereocenters. The van der Waals surface area contributed by atoms with E-state index in [4.69, 9.17) is 13.3 Å². The molecule has 20 heavy (non-hydrogen) atoms. The number of rotatable bonds is 10. The molecular weight excluding hydrogens is 275 g/mol. The van der Waals surface area contributed by atoms with Crippen molar-refractivity contribution >= 4 is 8.80 Å². The van der Waals surface area contributed by atoms with Crippen LogP contribution in [0.4, 0.5) is 4.39 Å². The van der Waals surface area contributed by atoms with Crippen molar-refractivity contribution in [2.75, 3.05) is 21.3 Å². The van der Waals surface area contributed by atoms with Gasteiger partial charge in [-0.1, -0.05) is 25.0 Å². The van der Waals surface area contributed by atoms with Crippen molar-refractivity contribution in [3.63, 3.8) is 0 Å². The van der Waals surface area contributed by atoms with Crippen LogP contribution < -0.4 is 0 Å². The van der Waals surface area contributed by atoms with E-state index in [-0.39, 0.29) is 5.82 Å². The molecule has 1 aromatic rings. The van der Waals surface area contributed by atoms with Crippen LogP contribution in [-0.4, -0.2) is 30.1 Å². The molecule has 0 aliphatic carbocycles. The van der Waals surface area contributed by atoms with Crippen LogP contribution in [0.15, 0.2) is 24.3 Å². The van der Waals surface area contributed by atoms with Gasteiger partial charge in [0.25, 0.3) is 0 Å². The van der Waals surface area contributed by atoms with Gasteiger partial charge in [0.15, 0.2) is 0 Å². The molecule has 0 amide bonds. The maximum atomic E-state index is 12.8. The van der Waals surface area contributed by atoms with Crippen LogP contribution >= 0.6 is 0 Å². The third-order valence-corrected chi connectivity index (χ3v) is 6.38. The highest BCUT2D eigenvalue weighted by Gasteiger charge is 2.36. The van der Waals surface area contributed by atoms with Gasteiger partial charge in [0.1, 0.15) is 5.82 Å². The molecule has 0 radical (unpaired) electrons. The average molecular weight is 300 g/mol. The van der Waals surface area contributed by atoms with Crippen LogP contribution in [0.1, 0.15) is 31.2 Å². The van der Waals surface area contributed by atoms with Crippen LogP contribution in [-0.2, 0) is 19.7 Å². The Hall–Kier alpha value is -0.753. The molecule has 0 spiro atoms. The van der Waals surface area contributed by atoms with E-state index in [0.29, 0.717) is 0 Å². The van der Waals surface area contributed by atoms with E-state index in [1.54, 1.807) is 21.3 Å². The van der Waals surface area contributed by atoms with Crippen molar-refractivity contribution in [1.29, 1.82) is 0 Å². The smallest absolute Gasteiger partial charge is 0.377 e. The zero-order valence-corrected chi connectivity index (χ0v) is 13.7. The second kappa shape index (κ2) is 9.23. The quantitative estimate of drug-likeness (QED) is 0.486. The predicted octanol–water partition coefficient (Wildman–Crippen LogP) is 3.81. The predicted molar refractivity (Wildman–Crippen MR) is 80.2 cm³/mol. The molecule has 0 unspecified atom stereocenters. The fourth-order valence-corrected chi connectivity index (χ4v) is 4.03. The van der Waals surface area contributed by atoms with Gasteiger partial charge in [-0.15, -0.1) is 0 Å². The summed E-state index contributed by atoms with van der Waals surface area (Å²) in [6.07, 6.45) is 5.45. The van der Waals surface area contributed by atoms with Gasteiger partial charge in [-0.05, 0) is 37.0 Å². The van der Waals surface area contributed by atoms with Gasteiger partial charge in [0.05, 0.1) is 0 Å². The molecule has 5 heteroatoms. The van der Waals surface area contributed by atoms with Crippen molar-refractivity contribution in [1.82, 2.24) is 0 Å². The molecule has 1 aromatic carbocycles. The highest BCUT2D eigenvalue weighted by atomic mass is 28.4. The Labute approximate surface area is 122 Å². The first-order valence-corrected chi connectivity index (χ1v) is 8.99. The third-order valence-electron chi connectivity index (χ3n) is 3.54. The van der Waals surface area contributed by atoms with Gasteiger partial charge >= 0.3 is 8.80 Å². The van der Waals surface area contributed by atoms with Crippen molar-refractivity contribution < 1.29 is 17.7 Å². The van der Waals surface area contributed by atoms with E-state index in [0.717, 1.165) is 38.1 Å². The van der Waals surface area contributed by atoms with E-state index in [2.05, 4.69) is 0 Å². The first-order chi connectivity index (χ1) is 9.65. The topological polar surface area (TPSA) is 27.7 Å². The monoisotopic (exact) mass is 300 g/mol. The average Bonchev–Trinajstić information content (AvgIpc) is 2.49. The summed E-state index contributed by atoms with van der Waals surface area (Å²) in [5, 5.41) is 0. The largest absolute Gasteiger partial charge is 0.500 e. The summed E-state index contributed by atoms with van der Waals surface area (Å²) in [5.41, 5.74) is 1.20. The van der Waals surface area contributed by atoms with E-state index in [1.807, 2.05) is 12.1 Å². The summed E-state index contributed by atoms with van der Waals surface area (Å²) in [6, 6.07) is 7.60. The molecular formula is C15H25FO3Si. The number of aryl methyl sites for hydroxylation is 1. The first-order valence-electron chi connectivity index (χ1n) is 7.05. The van der Waals surface area contributed by atoms with Crippen LogP contribution in [0.25, 0.3) is 0 Å². The molecule has 3 nitrogen and oxygen atoms in total. The van der Waals surface area contributed by atoms with E-state index in [1.165, 1.54) is 17.7 Å². The molecule has 0 aliphatic heterocycles. The normalized spacial score (nSPS) is 11.8. The first kappa shape index (κ1) is 17.3. The molecule has 1 rings (SSSR count). The Kier molecular flexibility index (Phi) is 7.99. The minimum atomic E-state index is -2.39. The van der Waals surface area contributed by atoms with Crippen molar-refractivity contribution in [2.45, 2.75) is 38.1 Å². The number of hydrogen-bond donors (Lipinski definition) is 0. The Morgan fingerprint density at radius 1 is 0.850 bits per heavy atom. The van der Waals surface area contributed by atoms with Crippen molar-refractivity contribution in [2.24, 2.45) is 0 Å². The molecule has 0 saturated heterocycles. The fourth-order valence-electron chi connectivity index (χ4n) is 2.23. The number of benzene rings is 1. The fraction of sp³-hybridized carbons (Fsp3) is 0.600. The van der Waals surface area contributed by atoms with Crippen LogP contribution in [0, 0.1) is 5.82 Å². The number of halogens is 1. The summed E-state index contributed by atoms with van der Waals surface area (Å²) in [5.74, 6) is -0.172. The minimum absolute atomic E-state index is 0.172. The van der Waals surface area contributed by atoms with Gasteiger partial charge in [-0.2, -0.15) is 0 Å². The Bertz CT molecular complexity index is 358. The van der Waals surface area contributed by atoms with Gasteiger partial charge in [0.2, 0.25) is 0 Å². The molecule has 0 fully saturated rings. The zero-order valence-electron chi connectivity index (χ0n) is 12.7. The lowest BCUT2D eigenvalue weighted by molar-refractivity contribution is 0.122. The Morgan fingerprint density at radius 3 is 1.95 bits per heavy atom. The zero-order chi connectivity index (χ0) is 14.8. The molecule has 0 aliphatic rings. The highest BCUT2D eigenvalue weighted by Crippen LogP contribution is 2.18. The maximum absolute atomic E-state index is 12.8. The number of hydrogen-bond acceptors (Lipinski definition) is 3. The lowest BCUT2D eigenvalue weighted by atomic mass is 10.1. The second-order valence-corrected chi connectivity index (χ2v) is 7.93. The van der Waals surface area contributed by atoms with Gasteiger partial charge in [-0.25, -0.2) is 4.39 Å². The van der Waals surface area contributed by atoms with E-state index in [9.17, 15) is 4.39 Å². The second-order valence-electron chi connectivity index (χ2n) is 4.84. The lowest BCUT2D eigenvalue weighted by Gasteiger charge is -2.24. The van der Waals surface area contributed by atoms with Gasteiger partial charge < -0.3 is 13.3 Å². The lowest BCUT2D eigenvalue weighted by Crippen LogP contribution is -2.42. The molecule has 0 N–H and O–H groups in total. The summed E-state index contributed by atoms with van der Waals surface area (Å²) < 4.78 is 28.9. The van der Waals surface area contributed by atoms with E-state index < -0.39 is 8.80 Å². The standard InChI is InChI=1S/C15H25FO3Si/c1-17-20(18-2,19-3)13-7-5-4-6-8-14-9-11-15(16)12-10-14/h9-12H,4-8,13H2,1-3H3. The molecule has 114 valence electrons. The molecule has 0 heterocycles. The Balaban J connectivity index is 2.14. The molecule has 0 saturated carbocycles. The van der Waals surface area contributed by atoms with Crippen molar-refractivity contribution in [3.05, 3.63) is 35.6 Å². The van der Waals surface area contributed by atoms with Crippen molar-refractivity contribution in [3.8, 4) is 0 Å². The maximum Gasteiger partial charge on any atom is 0.500 e. The molecule has 0 aromatic heterocycles. The van der Waals surface area contributed by atoms with Crippen LogP contribution in [0.2, 0.25) is 6.04 Å². The van der Waals surface area contributed by atoms with Crippen LogP contribution in [0.5, 0.6) is 0 Å². The third kappa shape index (κ3) is 5.71. The Morgan fingerprint density at radius 2 is 1.40 bits per heavy atom. The summed E-state index contributed by atoms with van der Waals surface area (Å²) in [6.45, 7) is 0. The van der Waals surface area contributed by atoms with E-state index >= 15 is 0 Å². The summed E-state index contributed by atoms with van der Waals surface area (Å²) in [7, 11) is 2.55. The van der Waals surface area contributed by atoms with Gasteiger partial charge in [0, 0.05) is 27.4 Å². The number of unbranched alkanes of at least 4 members (excludes halogenated alkanes) is 3. The van der Waals surface area contributed by atoms with Crippen LogP contribution in [0.3, 0.4) is 0 Å². The minimum Gasteiger partial charge on any atom is -0.377 e. The van der Waals surface area contributed by atoms with Gasteiger partial charge in [-0.3, -0.25) is 0 Å². The summed E-state index contributed by atoms with van der Waals surface area (Å²) in [4.78, 5) is 0.